The van der Waals surface area contributed by atoms with Crippen LogP contribution in [0.15, 0.2) is 41.3 Å². The van der Waals surface area contributed by atoms with Gasteiger partial charge in [0.1, 0.15) is 6.07 Å². The number of carbonyl (C=O) groups is 1. The third-order valence-electron chi connectivity index (χ3n) is 4.60. The van der Waals surface area contributed by atoms with Crippen molar-refractivity contribution in [3.63, 3.8) is 0 Å². The SMILES string of the molecule is COc1c(Cl)cc(C(=O)N2CCN(S(=O)(=O)c3ccccc3C#N)CC2)cc1Cl. The van der Waals surface area contributed by atoms with Crippen LogP contribution in [0.3, 0.4) is 0 Å². The van der Waals surface area contributed by atoms with Crippen molar-refractivity contribution in [2.24, 2.45) is 0 Å². The second kappa shape index (κ2) is 8.59. The van der Waals surface area contributed by atoms with Gasteiger partial charge in [-0.1, -0.05) is 35.3 Å². The molecule has 0 bridgehead atoms. The Bertz CT molecular complexity index is 1070. The zero-order chi connectivity index (χ0) is 21.2. The molecular formula is C19H17Cl2N3O4S. The molecule has 0 atom stereocenters. The molecule has 0 N–H and O–H groups in total. The fraction of sp³-hybridized carbons (Fsp3) is 0.263. The summed E-state index contributed by atoms with van der Waals surface area (Å²) in [5.41, 5.74) is 0.389. The summed E-state index contributed by atoms with van der Waals surface area (Å²) >= 11 is 12.2. The molecule has 0 aliphatic carbocycles. The summed E-state index contributed by atoms with van der Waals surface area (Å²) in [6.07, 6.45) is 0. The molecule has 0 saturated carbocycles. The molecule has 1 fully saturated rings. The van der Waals surface area contributed by atoms with E-state index in [2.05, 4.69) is 0 Å². The monoisotopic (exact) mass is 453 g/mol. The number of amides is 1. The second-order valence-electron chi connectivity index (χ2n) is 6.28. The van der Waals surface area contributed by atoms with Gasteiger partial charge in [-0.2, -0.15) is 9.57 Å². The first kappa shape index (κ1) is 21.4. The topological polar surface area (TPSA) is 90.7 Å². The van der Waals surface area contributed by atoms with Gasteiger partial charge in [-0.3, -0.25) is 4.79 Å². The molecule has 0 radical (unpaired) electrons. The van der Waals surface area contributed by atoms with Crippen LogP contribution in [0.1, 0.15) is 15.9 Å². The Kier molecular flexibility index (Phi) is 6.34. The molecule has 1 heterocycles. The van der Waals surface area contributed by atoms with E-state index in [-0.39, 0.29) is 58.3 Å². The first-order valence-electron chi connectivity index (χ1n) is 8.61. The van der Waals surface area contributed by atoms with Gasteiger partial charge in [0.05, 0.1) is 27.6 Å². The fourth-order valence-electron chi connectivity index (χ4n) is 3.12. The van der Waals surface area contributed by atoms with Crippen molar-refractivity contribution in [1.82, 2.24) is 9.21 Å². The lowest BCUT2D eigenvalue weighted by Gasteiger charge is -2.34. The van der Waals surface area contributed by atoms with E-state index in [0.717, 1.165) is 0 Å². The number of ether oxygens (including phenoxy) is 1. The van der Waals surface area contributed by atoms with Crippen LogP contribution in [0.25, 0.3) is 0 Å². The Labute approximate surface area is 179 Å². The summed E-state index contributed by atoms with van der Waals surface area (Å²) in [5.74, 6) is -0.0112. The van der Waals surface area contributed by atoms with Crippen molar-refractivity contribution >= 4 is 39.1 Å². The molecule has 29 heavy (non-hydrogen) atoms. The molecule has 2 aromatic rings. The van der Waals surface area contributed by atoms with Crippen LogP contribution in [0.4, 0.5) is 0 Å². The maximum Gasteiger partial charge on any atom is 0.254 e. The summed E-state index contributed by atoms with van der Waals surface area (Å²) in [4.78, 5) is 14.3. The van der Waals surface area contributed by atoms with Gasteiger partial charge in [-0.05, 0) is 24.3 Å². The number of halogens is 2. The average molecular weight is 454 g/mol. The molecule has 1 aliphatic rings. The first-order valence-corrected chi connectivity index (χ1v) is 10.8. The van der Waals surface area contributed by atoms with E-state index in [1.807, 2.05) is 6.07 Å². The lowest BCUT2D eigenvalue weighted by molar-refractivity contribution is 0.0698. The van der Waals surface area contributed by atoms with Gasteiger partial charge in [0.2, 0.25) is 10.0 Å². The van der Waals surface area contributed by atoms with E-state index in [9.17, 15) is 18.5 Å². The maximum atomic E-state index is 12.9. The Morgan fingerprint density at radius 1 is 1.10 bits per heavy atom. The van der Waals surface area contributed by atoms with E-state index in [4.69, 9.17) is 27.9 Å². The summed E-state index contributed by atoms with van der Waals surface area (Å²) in [6, 6.07) is 10.9. The minimum atomic E-state index is -3.83. The van der Waals surface area contributed by atoms with E-state index in [1.54, 1.807) is 12.1 Å². The van der Waals surface area contributed by atoms with Crippen molar-refractivity contribution in [2.75, 3.05) is 33.3 Å². The normalized spacial score (nSPS) is 15.0. The van der Waals surface area contributed by atoms with Crippen LogP contribution < -0.4 is 4.74 Å². The quantitative estimate of drug-likeness (QED) is 0.709. The Morgan fingerprint density at radius 2 is 1.69 bits per heavy atom. The van der Waals surface area contributed by atoms with E-state index in [1.165, 1.54) is 40.6 Å². The van der Waals surface area contributed by atoms with E-state index in [0.29, 0.717) is 5.56 Å². The standard InChI is InChI=1S/C19H17Cl2N3O4S/c1-28-18-15(20)10-14(11-16(18)21)19(25)23-6-8-24(9-7-23)29(26,27)17-5-3-2-4-13(17)12-22/h2-5,10-11H,6-9H2,1H3. The minimum absolute atomic E-state index is 0.0315. The van der Waals surface area contributed by atoms with Gasteiger partial charge < -0.3 is 9.64 Å². The number of sulfonamides is 1. The van der Waals surface area contributed by atoms with Crippen molar-refractivity contribution in [2.45, 2.75) is 4.90 Å². The summed E-state index contributed by atoms with van der Waals surface area (Å²) in [7, 11) is -2.40. The van der Waals surface area contributed by atoms with Crippen LogP contribution in [-0.4, -0.2) is 56.8 Å². The lowest BCUT2D eigenvalue weighted by Crippen LogP contribution is -2.50. The smallest absolute Gasteiger partial charge is 0.254 e. The molecule has 3 rings (SSSR count). The molecule has 152 valence electrons. The van der Waals surface area contributed by atoms with Crippen LogP contribution in [0.5, 0.6) is 5.75 Å². The molecule has 1 saturated heterocycles. The molecule has 1 amide bonds. The molecular weight excluding hydrogens is 437 g/mol. The van der Waals surface area contributed by atoms with E-state index < -0.39 is 10.0 Å². The van der Waals surface area contributed by atoms with Crippen molar-refractivity contribution in [3.05, 3.63) is 57.6 Å². The highest BCUT2D eigenvalue weighted by Gasteiger charge is 2.32. The minimum Gasteiger partial charge on any atom is -0.494 e. The summed E-state index contributed by atoms with van der Waals surface area (Å²) < 4.78 is 32.2. The van der Waals surface area contributed by atoms with Crippen LogP contribution in [0.2, 0.25) is 10.0 Å². The third kappa shape index (κ3) is 4.19. The lowest BCUT2D eigenvalue weighted by atomic mass is 10.1. The first-order chi connectivity index (χ1) is 13.8. The van der Waals surface area contributed by atoms with Crippen molar-refractivity contribution in [1.29, 1.82) is 5.26 Å². The number of rotatable bonds is 4. The average Bonchev–Trinajstić information content (AvgIpc) is 2.73. The highest BCUT2D eigenvalue weighted by molar-refractivity contribution is 7.89. The number of nitriles is 1. The predicted octanol–water partition coefficient (Wildman–Crippen LogP) is 3.02. The molecule has 0 unspecified atom stereocenters. The highest BCUT2D eigenvalue weighted by atomic mass is 35.5. The number of hydrogen-bond donors (Lipinski definition) is 0. The van der Waals surface area contributed by atoms with Gasteiger partial charge in [0.25, 0.3) is 5.91 Å². The van der Waals surface area contributed by atoms with Gasteiger partial charge in [-0.25, -0.2) is 8.42 Å². The zero-order valence-electron chi connectivity index (χ0n) is 15.4. The molecule has 10 heteroatoms. The Balaban J connectivity index is 1.75. The third-order valence-corrected chi connectivity index (χ3v) is 7.12. The van der Waals surface area contributed by atoms with Crippen LogP contribution >= 0.6 is 23.2 Å². The van der Waals surface area contributed by atoms with E-state index >= 15 is 0 Å². The number of methoxy groups -OCH3 is 1. The largest absolute Gasteiger partial charge is 0.494 e. The van der Waals surface area contributed by atoms with Gasteiger partial charge in [0.15, 0.2) is 5.75 Å². The molecule has 0 aromatic heterocycles. The molecule has 0 spiro atoms. The molecule has 2 aromatic carbocycles. The highest BCUT2D eigenvalue weighted by Crippen LogP contribution is 2.34. The number of carbonyl (C=O) groups excluding carboxylic acids is 1. The Hall–Kier alpha value is -2.31. The number of hydrogen-bond acceptors (Lipinski definition) is 5. The van der Waals surface area contributed by atoms with Crippen LogP contribution in [0, 0.1) is 11.3 Å². The molecule has 7 nitrogen and oxygen atoms in total. The number of nitrogens with zero attached hydrogens (tertiary/aromatic N) is 3. The van der Waals surface area contributed by atoms with Crippen LogP contribution in [-0.2, 0) is 10.0 Å². The number of benzene rings is 2. The van der Waals surface area contributed by atoms with Crippen molar-refractivity contribution in [3.8, 4) is 11.8 Å². The fourth-order valence-corrected chi connectivity index (χ4v) is 5.32. The summed E-state index contributed by atoms with van der Waals surface area (Å²) in [5, 5.41) is 9.63. The number of piperazine rings is 1. The molecule has 1 aliphatic heterocycles. The maximum absolute atomic E-state index is 12.9. The Morgan fingerprint density at radius 3 is 2.24 bits per heavy atom. The second-order valence-corrected chi connectivity index (χ2v) is 9.00. The van der Waals surface area contributed by atoms with Gasteiger partial charge >= 0.3 is 0 Å². The van der Waals surface area contributed by atoms with Crippen molar-refractivity contribution < 1.29 is 17.9 Å². The summed E-state index contributed by atoms with van der Waals surface area (Å²) in [6.45, 7) is 0.638. The van der Waals surface area contributed by atoms with Gasteiger partial charge in [0, 0.05) is 31.7 Å². The van der Waals surface area contributed by atoms with Gasteiger partial charge in [-0.15, -0.1) is 0 Å². The zero-order valence-corrected chi connectivity index (χ0v) is 17.8. The predicted molar refractivity (Wildman–Crippen MR) is 109 cm³/mol.